The van der Waals surface area contributed by atoms with Crippen LogP contribution in [-0.2, 0) is 11.2 Å². The molecule has 9 nitrogen and oxygen atoms in total. The minimum Gasteiger partial charge on any atom is -0.496 e. The van der Waals surface area contributed by atoms with Gasteiger partial charge in [-0.2, -0.15) is 0 Å². The Morgan fingerprint density at radius 1 is 1.02 bits per heavy atom. The summed E-state index contributed by atoms with van der Waals surface area (Å²) < 4.78 is 40.1. The van der Waals surface area contributed by atoms with Crippen molar-refractivity contribution in [3.63, 3.8) is 0 Å². The molecule has 0 aliphatic heterocycles. The Labute approximate surface area is 245 Å². The molecule has 1 heterocycles. The number of amides is 2. The van der Waals surface area contributed by atoms with Crippen molar-refractivity contribution >= 4 is 45.7 Å². The van der Waals surface area contributed by atoms with Gasteiger partial charge in [-0.3, -0.25) is 14.6 Å². The summed E-state index contributed by atoms with van der Waals surface area (Å²) in [6, 6.07) is 14.1. The number of thiocarbonyl (C=S) groups is 1. The molecule has 0 saturated carbocycles. The predicted molar refractivity (Wildman–Crippen MR) is 158 cm³/mol. The number of nitrogens with one attached hydrogen (secondary N) is 3. The lowest BCUT2D eigenvalue weighted by Crippen LogP contribution is -2.37. The Hall–Kier alpha value is -4.68. The van der Waals surface area contributed by atoms with Crippen LogP contribution < -0.4 is 25.4 Å². The Bertz CT molecular complexity index is 1630. The van der Waals surface area contributed by atoms with Crippen molar-refractivity contribution < 1.29 is 33.0 Å². The van der Waals surface area contributed by atoms with Crippen LogP contribution in [0.15, 0.2) is 66.9 Å². The highest BCUT2D eigenvalue weighted by Crippen LogP contribution is 2.34. The zero-order chi connectivity index (χ0) is 30.2. The molecule has 4 rings (SSSR count). The normalized spacial score (nSPS) is 11.5. The van der Waals surface area contributed by atoms with Gasteiger partial charge < -0.3 is 30.5 Å². The van der Waals surface area contributed by atoms with Gasteiger partial charge in [0.1, 0.15) is 17.3 Å². The van der Waals surface area contributed by atoms with Gasteiger partial charge in [-0.1, -0.05) is 25.1 Å². The Morgan fingerprint density at radius 3 is 2.50 bits per heavy atom. The van der Waals surface area contributed by atoms with E-state index >= 15 is 4.39 Å². The third kappa shape index (κ3) is 7.33. The van der Waals surface area contributed by atoms with Crippen molar-refractivity contribution in [2.75, 3.05) is 19.0 Å². The van der Waals surface area contributed by atoms with Crippen molar-refractivity contribution in [2.24, 2.45) is 0 Å². The smallest absolute Gasteiger partial charge is 0.255 e. The zero-order valence-corrected chi connectivity index (χ0v) is 23.6. The van der Waals surface area contributed by atoms with Gasteiger partial charge in [-0.25, -0.2) is 8.78 Å². The van der Waals surface area contributed by atoms with Crippen LogP contribution in [0, 0.1) is 11.6 Å². The van der Waals surface area contributed by atoms with E-state index in [1.165, 1.54) is 55.8 Å². The Kier molecular flexibility index (Phi) is 9.94. The van der Waals surface area contributed by atoms with Crippen molar-refractivity contribution in [3.8, 4) is 17.2 Å². The summed E-state index contributed by atoms with van der Waals surface area (Å²) in [7, 11) is 1.42. The molecule has 1 atom stereocenters. The second kappa shape index (κ2) is 13.8. The summed E-state index contributed by atoms with van der Waals surface area (Å²) in [5.74, 6) is -1.83. The third-order valence-corrected chi connectivity index (χ3v) is 6.49. The number of benzene rings is 3. The number of hydrogen-bond acceptors (Lipinski definition) is 7. The summed E-state index contributed by atoms with van der Waals surface area (Å²) in [5, 5.41) is 17.7. The van der Waals surface area contributed by atoms with Gasteiger partial charge >= 0.3 is 0 Å². The summed E-state index contributed by atoms with van der Waals surface area (Å²) >= 11 is 5.14. The van der Waals surface area contributed by atoms with Crippen molar-refractivity contribution in [1.29, 1.82) is 0 Å². The molecule has 4 aromatic rings. The van der Waals surface area contributed by atoms with Gasteiger partial charge in [0.25, 0.3) is 5.91 Å². The minimum absolute atomic E-state index is 0.0872. The topological polar surface area (TPSA) is 122 Å². The van der Waals surface area contributed by atoms with E-state index in [2.05, 4.69) is 20.9 Å². The lowest BCUT2D eigenvalue weighted by molar-refractivity contribution is -0.119. The average Bonchev–Trinajstić information content (AvgIpc) is 2.97. The maximum absolute atomic E-state index is 15.1. The number of anilines is 1. The predicted octanol–water partition coefficient (Wildman–Crippen LogP) is 4.87. The minimum atomic E-state index is -0.731. The van der Waals surface area contributed by atoms with Gasteiger partial charge in [0, 0.05) is 29.4 Å². The fourth-order valence-corrected chi connectivity index (χ4v) is 4.28. The molecular weight excluding hydrogens is 566 g/mol. The van der Waals surface area contributed by atoms with Crippen LogP contribution in [0.2, 0.25) is 0 Å². The van der Waals surface area contributed by atoms with E-state index in [1.54, 1.807) is 12.1 Å². The van der Waals surface area contributed by atoms with E-state index in [9.17, 15) is 19.1 Å². The first-order valence-corrected chi connectivity index (χ1v) is 13.3. The van der Waals surface area contributed by atoms with Crippen LogP contribution in [0.5, 0.6) is 17.2 Å². The Balaban J connectivity index is 1.49. The molecule has 1 aromatic heterocycles. The first-order valence-electron chi connectivity index (χ1n) is 12.9. The number of aliphatic hydroxyl groups excluding tert-OH is 1. The summed E-state index contributed by atoms with van der Waals surface area (Å²) in [4.78, 5) is 29.5. The van der Waals surface area contributed by atoms with E-state index in [0.717, 1.165) is 6.07 Å². The number of methoxy groups -OCH3 is 1. The van der Waals surface area contributed by atoms with Gasteiger partial charge in [0.05, 0.1) is 37.3 Å². The largest absolute Gasteiger partial charge is 0.496 e. The summed E-state index contributed by atoms with van der Waals surface area (Å²) in [5.41, 5.74) is 1.11. The van der Waals surface area contributed by atoms with E-state index < -0.39 is 29.5 Å². The van der Waals surface area contributed by atoms with Gasteiger partial charge in [0.2, 0.25) is 5.91 Å². The van der Waals surface area contributed by atoms with Crippen molar-refractivity contribution in [3.05, 3.63) is 89.6 Å². The summed E-state index contributed by atoms with van der Waals surface area (Å²) in [6.45, 7) is 1.62. The number of hydrogen-bond donors (Lipinski definition) is 4. The lowest BCUT2D eigenvalue weighted by Gasteiger charge is -2.17. The lowest BCUT2D eigenvalue weighted by atomic mass is 10.1. The fraction of sp³-hybridized carbons (Fsp3) is 0.200. The molecule has 218 valence electrons. The van der Waals surface area contributed by atoms with Crippen LogP contribution in [0.3, 0.4) is 0 Å². The maximum atomic E-state index is 15.1. The van der Waals surface area contributed by atoms with Crippen LogP contribution in [0.1, 0.15) is 29.3 Å². The van der Waals surface area contributed by atoms with Crippen molar-refractivity contribution in [1.82, 2.24) is 15.6 Å². The number of rotatable bonds is 10. The number of ether oxygens (including phenoxy) is 2. The molecule has 3 aromatic carbocycles. The molecule has 4 N–H and O–H groups in total. The molecule has 0 aliphatic rings. The zero-order valence-electron chi connectivity index (χ0n) is 22.7. The maximum Gasteiger partial charge on any atom is 0.255 e. The number of pyridine rings is 1. The van der Waals surface area contributed by atoms with Gasteiger partial charge in [-0.15, -0.1) is 0 Å². The first-order chi connectivity index (χ1) is 20.2. The number of aromatic nitrogens is 1. The highest BCUT2D eigenvalue weighted by atomic mass is 32.1. The molecular formula is C30H28F2N4O5S. The monoisotopic (exact) mass is 594 g/mol. The van der Waals surface area contributed by atoms with Crippen LogP contribution in [0.25, 0.3) is 10.9 Å². The molecule has 42 heavy (non-hydrogen) atoms. The van der Waals surface area contributed by atoms with E-state index in [-0.39, 0.29) is 52.2 Å². The number of carbonyl (C=O) groups is 2. The first kappa shape index (κ1) is 30.3. The van der Waals surface area contributed by atoms with Gasteiger partial charge in [-0.05, 0) is 54.5 Å². The molecule has 0 spiro atoms. The quantitative estimate of drug-likeness (QED) is 0.192. The molecule has 0 fully saturated rings. The SMILES string of the molecule is CCC(CO)NC(=O)c1cc2c(Oc3ccc(NC(=S)NC(=O)Cc4ccccc4F)cc3F)ccnc2cc1OC. The third-order valence-electron chi connectivity index (χ3n) is 6.29. The number of fused-ring (bicyclic) bond motifs is 1. The number of halogens is 2. The molecule has 0 bridgehead atoms. The Morgan fingerprint density at radius 2 is 1.81 bits per heavy atom. The van der Waals surface area contributed by atoms with Gasteiger partial charge in [0.15, 0.2) is 16.7 Å². The average molecular weight is 595 g/mol. The second-order valence-electron chi connectivity index (χ2n) is 9.16. The van der Waals surface area contributed by atoms with Crippen molar-refractivity contribution in [2.45, 2.75) is 25.8 Å². The number of aliphatic hydroxyl groups is 1. The second-order valence-corrected chi connectivity index (χ2v) is 9.57. The van der Waals surface area contributed by atoms with E-state index in [1.807, 2.05) is 6.92 Å². The molecule has 0 saturated heterocycles. The molecule has 1 unspecified atom stereocenters. The number of nitrogens with zero attached hydrogens (tertiary/aromatic N) is 1. The molecule has 0 radical (unpaired) electrons. The van der Waals surface area contributed by atoms with Crippen LogP contribution in [0.4, 0.5) is 14.5 Å². The number of carbonyl (C=O) groups excluding carboxylic acids is 2. The molecule has 0 aliphatic carbocycles. The highest BCUT2D eigenvalue weighted by molar-refractivity contribution is 7.80. The van der Waals surface area contributed by atoms with Crippen LogP contribution >= 0.6 is 12.2 Å². The van der Waals surface area contributed by atoms with E-state index in [4.69, 9.17) is 21.7 Å². The molecule has 2 amide bonds. The fourth-order valence-electron chi connectivity index (χ4n) is 4.05. The van der Waals surface area contributed by atoms with Crippen LogP contribution in [-0.4, -0.2) is 46.8 Å². The highest BCUT2D eigenvalue weighted by Gasteiger charge is 2.19. The standard InChI is InChI=1S/C30H28F2N4O5S/c1-3-18(16-37)34-29(39)21-14-20-24(15-27(21)40-2)33-11-10-25(20)41-26-9-8-19(13-23(26)32)35-30(42)36-28(38)12-17-6-4-5-7-22(17)31/h4-11,13-15,18,37H,3,12,16H2,1-2H3,(H,34,39)(H2,35,36,38,42). The van der Waals surface area contributed by atoms with E-state index in [0.29, 0.717) is 17.3 Å². The summed E-state index contributed by atoms with van der Waals surface area (Å²) in [6.07, 6.45) is 1.79. The molecule has 12 heteroatoms.